The fourth-order valence-corrected chi connectivity index (χ4v) is 2.90. The van der Waals surface area contributed by atoms with E-state index in [9.17, 15) is 14.4 Å². The van der Waals surface area contributed by atoms with E-state index in [0.717, 1.165) is 6.42 Å². The molecule has 0 saturated heterocycles. The van der Waals surface area contributed by atoms with E-state index >= 15 is 0 Å². The van der Waals surface area contributed by atoms with Crippen molar-refractivity contribution in [3.05, 3.63) is 44.6 Å². The molecule has 8 heteroatoms. The summed E-state index contributed by atoms with van der Waals surface area (Å²) in [6, 6.07) is 4.81. The molecule has 2 aromatic heterocycles. The average molecular weight is 357 g/mol. The first-order chi connectivity index (χ1) is 12.3. The zero-order chi connectivity index (χ0) is 19.0. The minimum atomic E-state index is -0.443. The number of nitrogens with one attached hydrogen (secondary N) is 2. The van der Waals surface area contributed by atoms with E-state index in [0.29, 0.717) is 23.0 Å². The SMILES string of the molecule is CC[C@@H](C)NC(=O)c1ccc2c(=O)n(CC(C)C)c3n[nH]c(=O)n3c2c1. The topological polar surface area (TPSA) is 101 Å². The maximum absolute atomic E-state index is 12.9. The summed E-state index contributed by atoms with van der Waals surface area (Å²) in [5.41, 5.74) is 0.102. The molecule has 0 aliphatic rings. The van der Waals surface area contributed by atoms with Crippen LogP contribution in [0.3, 0.4) is 0 Å². The van der Waals surface area contributed by atoms with E-state index in [-0.39, 0.29) is 29.2 Å². The smallest absolute Gasteiger partial charge is 0.349 e. The number of H-pyrrole nitrogens is 1. The van der Waals surface area contributed by atoms with Crippen LogP contribution < -0.4 is 16.6 Å². The highest BCUT2D eigenvalue weighted by Gasteiger charge is 2.17. The molecule has 1 aromatic carbocycles. The van der Waals surface area contributed by atoms with Gasteiger partial charge in [-0.1, -0.05) is 20.8 Å². The van der Waals surface area contributed by atoms with Crippen LogP contribution >= 0.6 is 0 Å². The van der Waals surface area contributed by atoms with Gasteiger partial charge in [-0.2, -0.15) is 0 Å². The Morgan fingerprint density at radius 3 is 2.65 bits per heavy atom. The predicted octanol–water partition coefficient (Wildman–Crippen LogP) is 1.52. The van der Waals surface area contributed by atoms with E-state index in [2.05, 4.69) is 15.5 Å². The lowest BCUT2D eigenvalue weighted by Gasteiger charge is -2.14. The van der Waals surface area contributed by atoms with Crippen LogP contribution in [0.2, 0.25) is 0 Å². The van der Waals surface area contributed by atoms with Crippen LogP contribution in [0.5, 0.6) is 0 Å². The van der Waals surface area contributed by atoms with Gasteiger partial charge in [0.1, 0.15) is 0 Å². The Hall–Kier alpha value is -2.90. The molecule has 3 rings (SSSR count). The standard InChI is InChI=1S/C18H23N5O3/c1-5-11(4)19-15(24)12-6-7-13-14(8-12)23-17(20-21-18(23)26)22(16(13)25)9-10(2)3/h6-8,10-11H,5,9H2,1-4H3,(H,19,24)(H,21,26)/t11-/m1/s1. The number of aromatic amines is 1. The zero-order valence-corrected chi connectivity index (χ0v) is 15.4. The quantitative estimate of drug-likeness (QED) is 0.723. The Morgan fingerprint density at radius 1 is 1.27 bits per heavy atom. The van der Waals surface area contributed by atoms with Gasteiger partial charge in [-0.3, -0.25) is 14.2 Å². The molecule has 3 aromatic rings. The number of carbonyl (C=O) groups excluding carboxylic acids is 1. The summed E-state index contributed by atoms with van der Waals surface area (Å²) in [7, 11) is 0. The van der Waals surface area contributed by atoms with Crippen LogP contribution in [0, 0.1) is 5.92 Å². The maximum atomic E-state index is 12.9. The second kappa shape index (κ2) is 6.78. The van der Waals surface area contributed by atoms with Crippen molar-refractivity contribution in [2.24, 2.45) is 5.92 Å². The lowest BCUT2D eigenvalue weighted by atomic mass is 10.1. The molecule has 0 saturated carbocycles. The fourth-order valence-electron chi connectivity index (χ4n) is 2.90. The summed E-state index contributed by atoms with van der Waals surface area (Å²) < 4.78 is 2.84. The molecule has 0 bridgehead atoms. The highest BCUT2D eigenvalue weighted by Crippen LogP contribution is 2.15. The van der Waals surface area contributed by atoms with Crippen molar-refractivity contribution in [2.45, 2.75) is 46.7 Å². The van der Waals surface area contributed by atoms with Crippen LogP contribution in [-0.2, 0) is 6.54 Å². The molecular weight excluding hydrogens is 334 g/mol. The number of hydrogen-bond donors (Lipinski definition) is 2. The van der Waals surface area contributed by atoms with E-state index in [4.69, 9.17) is 0 Å². The Labute approximate surface area is 149 Å². The summed E-state index contributed by atoms with van der Waals surface area (Å²) in [5.74, 6) is 0.222. The Balaban J connectivity index is 2.26. The molecule has 0 aliphatic heterocycles. The lowest BCUT2D eigenvalue weighted by molar-refractivity contribution is 0.0939. The maximum Gasteiger partial charge on any atom is 0.349 e. The molecule has 0 radical (unpaired) electrons. The molecule has 0 aliphatic carbocycles. The van der Waals surface area contributed by atoms with Crippen LogP contribution in [0.15, 0.2) is 27.8 Å². The van der Waals surface area contributed by atoms with Gasteiger partial charge in [0.15, 0.2) is 0 Å². The number of amides is 1. The molecule has 0 unspecified atom stereocenters. The largest absolute Gasteiger partial charge is 0.350 e. The fraction of sp³-hybridized carbons (Fsp3) is 0.444. The number of fused-ring (bicyclic) bond motifs is 3. The van der Waals surface area contributed by atoms with E-state index in [1.165, 1.54) is 8.97 Å². The van der Waals surface area contributed by atoms with Gasteiger partial charge < -0.3 is 5.32 Å². The van der Waals surface area contributed by atoms with Crippen molar-refractivity contribution >= 4 is 22.6 Å². The first-order valence-electron chi connectivity index (χ1n) is 8.78. The predicted molar refractivity (Wildman–Crippen MR) is 99.6 cm³/mol. The van der Waals surface area contributed by atoms with E-state index in [1.807, 2.05) is 27.7 Å². The molecule has 138 valence electrons. The summed E-state index contributed by atoms with van der Waals surface area (Å²) >= 11 is 0. The van der Waals surface area contributed by atoms with Crippen LogP contribution in [-0.4, -0.2) is 31.1 Å². The highest BCUT2D eigenvalue weighted by molar-refractivity contribution is 5.98. The average Bonchev–Trinajstić information content (AvgIpc) is 2.99. The molecule has 0 spiro atoms. The monoisotopic (exact) mass is 357 g/mol. The molecule has 2 N–H and O–H groups in total. The van der Waals surface area contributed by atoms with Gasteiger partial charge in [0.2, 0.25) is 5.78 Å². The molecule has 1 amide bonds. The van der Waals surface area contributed by atoms with E-state index in [1.54, 1.807) is 18.2 Å². The summed E-state index contributed by atoms with van der Waals surface area (Å²) in [6.07, 6.45) is 0.810. The third-order valence-corrected chi connectivity index (χ3v) is 4.41. The van der Waals surface area contributed by atoms with Crippen LogP contribution in [0.1, 0.15) is 44.5 Å². The Morgan fingerprint density at radius 2 is 2.00 bits per heavy atom. The van der Waals surface area contributed by atoms with Crippen molar-refractivity contribution in [3.8, 4) is 0 Å². The second-order valence-electron chi connectivity index (χ2n) is 6.99. The van der Waals surface area contributed by atoms with Crippen LogP contribution in [0.4, 0.5) is 0 Å². The van der Waals surface area contributed by atoms with Gasteiger partial charge >= 0.3 is 5.69 Å². The first kappa shape index (κ1) is 17.9. The number of carbonyl (C=O) groups is 1. The van der Waals surface area contributed by atoms with Gasteiger partial charge in [-0.25, -0.2) is 14.3 Å². The number of hydrogen-bond acceptors (Lipinski definition) is 4. The van der Waals surface area contributed by atoms with Crippen molar-refractivity contribution in [2.75, 3.05) is 0 Å². The van der Waals surface area contributed by atoms with Gasteiger partial charge in [0.05, 0.1) is 10.9 Å². The van der Waals surface area contributed by atoms with Gasteiger partial charge in [0, 0.05) is 18.2 Å². The van der Waals surface area contributed by atoms with Gasteiger partial charge in [-0.05, 0) is 37.5 Å². The number of aromatic nitrogens is 4. The van der Waals surface area contributed by atoms with Crippen molar-refractivity contribution in [1.29, 1.82) is 0 Å². The van der Waals surface area contributed by atoms with Crippen molar-refractivity contribution in [1.82, 2.24) is 24.5 Å². The normalized spacial score (nSPS) is 12.8. The molecule has 8 nitrogen and oxygen atoms in total. The zero-order valence-electron chi connectivity index (χ0n) is 15.4. The third kappa shape index (κ3) is 3.02. The molecular formula is C18H23N5O3. The Bertz CT molecular complexity index is 1090. The van der Waals surface area contributed by atoms with Gasteiger partial charge in [-0.15, -0.1) is 5.10 Å². The van der Waals surface area contributed by atoms with Crippen molar-refractivity contribution < 1.29 is 4.79 Å². The molecule has 2 heterocycles. The van der Waals surface area contributed by atoms with Crippen molar-refractivity contribution in [3.63, 3.8) is 0 Å². The summed E-state index contributed by atoms with van der Waals surface area (Å²) in [5, 5.41) is 9.67. The number of benzene rings is 1. The van der Waals surface area contributed by atoms with Crippen LogP contribution in [0.25, 0.3) is 16.7 Å². The second-order valence-corrected chi connectivity index (χ2v) is 6.99. The summed E-state index contributed by atoms with van der Waals surface area (Å²) in [4.78, 5) is 37.6. The number of rotatable bonds is 5. The molecule has 1 atom stereocenters. The Kier molecular flexibility index (Phi) is 4.67. The highest BCUT2D eigenvalue weighted by atomic mass is 16.2. The lowest BCUT2D eigenvalue weighted by Crippen LogP contribution is -2.32. The van der Waals surface area contributed by atoms with Gasteiger partial charge in [0.25, 0.3) is 11.5 Å². The minimum absolute atomic E-state index is 0.0360. The number of nitrogens with zero attached hydrogens (tertiary/aromatic N) is 3. The van der Waals surface area contributed by atoms with E-state index < -0.39 is 5.69 Å². The summed E-state index contributed by atoms with van der Waals surface area (Å²) in [6.45, 7) is 8.32. The molecule has 0 fully saturated rings. The first-order valence-corrected chi connectivity index (χ1v) is 8.78. The minimum Gasteiger partial charge on any atom is -0.350 e. The third-order valence-electron chi connectivity index (χ3n) is 4.41. The molecule has 26 heavy (non-hydrogen) atoms.